The lowest BCUT2D eigenvalue weighted by Gasteiger charge is -2.35. The van der Waals surface area contributed by atoms with Crippen LogP contribution in [-0.4, -0.2) is 61.6 Å². The fraction of sp³-hybridized carbons (Fsp3) is 0.647. The van der Waals surface area contributed by atoms with Gasteiger partial charge in [-0.3, -0.25) is 19.2 Å². The van der Waals surface area contributed by atoms with Gasteiger partial charge in [-0.2, -0.15) is 5.10 Å². The standard InChI is InChI=1S/C17H26N6O2/c1-17(2,3)9-14(24)23-7-5-22(6-8-23)11-13-19-15-12(16(25)20-13)10-18-21(15)4/h10H,5-9,11H2,1-4H3,(H,19,20,25). The molecule has 2 aromatic rings. The molecule has 2 aromatic heterocycles. The van der Waals surface area contributed by atoms with E-state index in [2.05, 4.69) is 40.7 Å². The minimum Gasteiger partial charge on any atom is -0.340 e. The van der Waals surface area contributed by atoms with Gasteiger partial charge in [-0.25, -0.2) is 4.98 Å². The largest absolute Gasteiger partial charge is 0.340 e. The highest BCUT2D eigenvalue weighted by atomic mass is 16.2. The molecule has 0 aliphatic carbocycles. The number of hydrogen-bond donors (Lipinski definition) is 1. The average molecular weight is 346 g/mol. The van der Waals surface area contributed by atoms with Gasteiger partial charge in [0.15, 0.2) is 5.65 Å². The fourth-order valence-electron chi connectivity index (χ4n) is 3.09. The molecule has 0 atom stereocenters. The lowest BCUT2D eigenvalue weighted by Crippen LogP contribution is -2.49. The Kier molecular flexibility index (Phi) is 4.64. The minimum absolute atomic E-state index is 0.0101. The van der Waals surface area contributed by atoms with Gasteiger partial charge in [0.2, 0.25) is 5.91 Å². The monoisotopic (exact) mass is 346 g/mol. The van der Waals surface area contributed by atoms with E-state index in [1.807, 2.05) is 4.90 Å². The third kappa shape index (κ3) is 4.07. The van der Waals surface area contributed by atoms with Gasteiger partial charge < -0.3 is 9.88 Å². The summed E-state index contributed by atoms with van der Waals surface area (Å²) < 4.78 is 1.61. The molecule has 8 nitrogen and oxygen atoms in total. The van der Waals surface area contributed by atoms with Crippen molar-refractivity contribution in [3.8, 4) is 0 Å². The number of nitrogens with one attached hydrogen (secondary N) is 1. The van der Waals surface area contributed by atoms with E-state index in [-0.39, 0.29) is 16.9 Å². The summed E-state index contributed by atoms with van der Waals surface area (Å²) in [5.41, 5.74) is 0.445. The lowest BCUT2D eigenvalue weighted by atomic mass is 9.91. The number of piperazine rings is 1. The Labute approximate surface area is 146 Å². The van der Waals surface area contributed by atoms with Crippen LogP contribution in [0.15, 0.2) is 11.0 Å². The van der Waals surface area contributed by atoms with Crippen LogP contribution in [-0.2, 0) is 18.4 Å². The molecule has 0 aromatic carbocycles. The number of carbonyl (C=O) groups is 1. The molecule has 3 heterocycles. The highest BCUT2D eigenvalue weighted by Crippen LogP contribution is 2.20. The van der Waals surface area contributed by atoms with Crippen molar-refractivity contribution in [3.63, 3.8) is 0 Å². The smallest absolute Gasteiger partial charge is 0.262 e. The molecule has 0 radical (unpaired) electrons. The van der Waals surface area contributed by atoms with Crippen LogP contribution in [0.25, 0.3) is 11.0 Å². The number of amides is 1. The summed E-state index contributed by atoms with van der Waals surface area (Å²) in [5, 5.41) is 4.58. The second kappa shape index (κ2) is 6.59. The van der Waals surface area contributed by atoms with E-state index in [9.17, 15) is 9.59 Å². The van der Waals surface area contributed by atoms with Crippen LogP contribution >= 0.6 is 0 Å². The zero-order chi connectivity index (χ0) is 18.2. The summed E-state index contributed by atoms with van der Waals surface area (Å²) in [5.74, 6) is 0.852. The molecular formula is C17H26N6O2. The maximum absolute atomic E-state index is 12.3. The SMILES string of the molecule is Cn1ncc2c(=O)[nH]c(CN3CCN(C(=O)CC(C)(C)C)CC3)nc21. The van der Waals surface area contributed by atoms with Crippen LogP contribution in [0.1, 0.15) is 33.0 Å². The number of aromatic nitrogens is 4. The molecular weight excluding hydrogens is 320 g/mol. The lowest BCUT2D eigenvalue weighted by molar-refractivity contribution is -0.134. The molecule has 8 heteroatoms. The predicted molar refractivity (Wildman–Crippen MR) is 95.1 cm³/mol. The molecule has 0 bridgehead atoms. The normalized spacial score (nSPS) is 16.6. The quantitative estimate of drug-likeness (QED) is 0.886. The Bertz CT molecular complexity index is 824. The molecule has 0 spiro atoms. The number of hydrogen-bond acceptors (Lipinski definition) is 5. The maximum Gasteiger partial charge on any atom is 0.262 e. The molecule has 1 saturated heterocycles. The van der Waals surface area contributed by atoms with Gasteiger partial charge in [-0.1, -0.05) is 20.8 Å². The summed E-state index contributed by atoms with van der Waals surface area (Å²) in [6.45, 7) is 9.80. The summed E-state index contributed by atoms with van der Waals surface area (Å²) in [6, 6.07) is 0. The van der Waals surface area contributed by atoms with Crippen LogP contribution < -0.4 is 5.56 Å². The van der Waals surface area contributed by atoms with Gasteiger partial charge in [0.05, 0.1) is 12.7 Å². The summed E-state index contributed by atoms with van der Waals surface area (Å²) in [7, 11) is 1.78. The van der Waals surface area contributed by atoms with Gasteiger partial charge >= 0.3 is 0 Å². The first-order valence-corrected chi connectivity index (χ1v) is 8.64. The maximum atomic E-state index is 12.3. The Morgan fingerprint density at radius 1 is 1.24 bits per heavy atom. The Balaban J connectivity index is 1.62. The van der Waals surface area contributed by atoms with Gasteiger partial charge in [-0.05, 0) is 5.41 Å². The highest BCUT2D eigenvalue weighted by Gasteiger charge is 2.25. The van der Waals surface area contributed by atoms with Gasteiger partial charge in [0.1, 0.15) is 11.2 Å². The highest BCUT2D eigenvalue weighted by molar-refractivity contribution is 5.77. The van der Waals surface area contributed by atoms with E-state index in [1.165, 1.54) is 6.20 Å². The van der Waals surface area contributed by atoms with E-state index >= 15 is 0 Å². The van der Waals surface area contributed by atoms with Gasteiger partial charge in [0.25, 0.3) is 5.56 Å². The zero-order valence-corrected chi connectivity index (χ0v) is 15.4. The molecule has 1 fully saturated rings. The van der Waals surface area contributed by atoms with Crippen LogP contribution in [0.5, 0.6) is 0 Å². The second-order valence-electron chi connectivity index (χ2n) is 7.91. The van der Waals surface area contributed by atoms with E-state index in [1.54, 1.807) is 11.7 Å². The molecule has 1 aliphatic heterocycles. The number of rotatable bonds is 3. The molecule has 0 saturated carbocycles. The number of nitrogens with zero attached hydrogens (tertiary/aromatic N) is 5. The first-order valence-electron chi connectivity index (χ1n) is 8.64. The second-order valence-corrected chi connectivity index (χ2v) is 7.91. The van der Waals surface area contributed by atoms with Crippen LogP contribution in [0.4, 0.5) is 0 Å². The summed E-state index contributed by atoms with van der Waals surface area (Å²) in [6.07, 6.45) is 2.10. The van der Waals surface area contributed by atoms with Crippen molar-refractivity contribution in [2.45, 2.75) is 33.7 Å². The molecule has 25 heavy (non-hydrogen) atoms. The Morgan fingerprint density at radius 3 is 2.56 bits per heavy atom. The first kappa shape index (κ1) is 17.6. The number of aromatic amines is 1. The molecule has 136 valence electrons. The topological polar surface area (TPSA) is 87.1 Å². The Hall–Kier alpha value is -2.22. The van der Waals surface area contributed by atoms with E-state index in [0.717, 1.165) is 13.1 Å². The van der Waals surface area contributed by atoms with Crippen LogP contribution in [0.3, 0.4) is 0 Å². The number of fused-ring (bicyclic) bond motifs is 1. The Morgan fingerprint density at radius 2 is 1.92 bits per heavy atom. The van der Waals surface area contributed by atoms with Crippen molar-refractivity contribution in [1.82, 2.24) is 29.5 Å². The van der Waals surface area contributed by atoms with Crippen molar-refractivity contribution in [1.29, 1.82) is 0 Å². The molecule has 1 N–H and O–H groups in total. The summed E-state index contributed by atoms with van der Waals surface area (Å²) in [4.78, 5) is 35.9. The van der Waals surface area contributed by atoms with Crippen molar-refractivity contribution >= 4 is 16.9 Å². The molecule has 1 amide bonds. The summed E-state index contributed by atoms with van der Waals surface area (Å²) >= 11 is 0. The average Bonchev–Trinajstić information content (AvgIpc) is 2.88. The van der Waals surface area contributed by atoms with Crippen molar-refractivity contribution < 1.29 is 4.79 Å². The van der Waals surface area contributed by atoms with Crippen molar-refractivity contribution in [2.24, 2.45) is 12.5 Å². The van der Waals surface area contributed by atoms with E-state index in [0.29, 0.717) is 42.9 Å². The number of aryl methyl sites for hydroxylation is 1. The first-order chi connectivity index (χ1) is 11.7. The number of carbonyl (C=O) groups excluding carboxylic acids is 1. The third-order valence-electron chi connectivity index (χ3n) is 4.43. The predicted octanol–water partition coefficient (Wildman–Crippen LogP) is 0.737. The van der Waals surface area contributed by atoms with Gasteiger partial charge in [-0.15, -0.1) is 0 Å². The van der Waals surface area contributed by atoms with Gasteiger partial charge in [0, 0.05) is 39.6 Å². The van der Waals surface area contributed by atoms with Crippen molar-refractivity contribution in [3.05, 3.63) is 22.4 Å². The molecule has 0 unspecified atom stereocenters. The fourth-order valence-corrected chi connectivity index (χ4v) is 3.09. The molecule has 1 aliphatic rings. The van der Waals surface area contributed by atoms with E-state index in [4.69, 9.17) is 0 Å². The van der Waals surface area contributed by atoms with Crippen LogP contribution in [0.2, 0.25) is 0 Å². The van der Waals surface area contributed by atoms with Crippen molar-refractivity contribution in [2.75, 3.05) is 26.2 Å². The van der Waals surface area contributed by atoms with Crippen LogP contribution in [0, 0.1) is 5.41 Å². The minimum atomic E-state index is -0.160. The zero-order valence-electron chi connectivity index (χ0n) is 15.4. The molecule has 3 rings (SSSR count). The third-order valence-corrected chi connectivity index (χ3v) is 4.43. The number of H-pyrrole nitrogens is 1. The van der Waals surface area contributed by atoms with E-state index < -0.39 is 0 Å².